The number of ether oxygens (including phenoxy) is 2. The molecule has 42 heavy (non-hydrogen) atoms. The van der Waals surface area contributed by atoms with Crippen molar-refractivity contribution in [2.24, 2.45) is 0 Å². The number of hydrogen-bond donors (Lipinski definition) is 1. The molecule has 5 heterocycles. The molecule has 2 aromatic heterocycles. The van der Waals surface area contributed by atoms with Crippen molar-refractivity contribution in [1.82, 2.24) is 24.6 Å². The number of pyridine rings is 1. The topological polar surface area (TPSA) is 111 Å². The molecule has 0 bridgehead atoms. The Kier molecular flexibility index (Phi) is 7.20. The molecule has 0 saturated carbocycles. The van der Waals surface area contributed by atoms with Crippen LogP contribution >= 0.6 is 0 Å². The molecule has 3 aliphatic rings. The summed E-state index contributed by atoms with van der Waals surface area (Å²) in [5.41, 5.74) is -0.491. The van der Waals surface area contributed by atoms with Gasteiger partial charge in [0, 0.05) is 69.6 Å². The molecule has 1 N–H and O–H groups in total. The van der Waals surface area contributed by atoms with Crippen molar-refractivity contribution >= 4 is 17.8 Å². The molecule has 10 nitrogen and oxygen atoms in total. The Labute approximate surface area is 242 Å². The monoisotopic (exact) mass is 580 g/mol. The zero-order valence-electron chi connectivity index (χ0n) is 23.9. The Morgan fingerprint density at radius 2 is 1.95 bits per heavy atom. The minimum atomic E-state index is -0.884. The molecule has 0 radical (unpaired) electrons. The van der Waals surface area contributed by atoms with Gasteiger partial charge < -0.3 is 18.9 Å². The van der Waals surface area contributed by atoms with Crippen LogP contribution in [0.25, 0.3) is 0 Å². The number of benzene rings is 1. The number of carbonyl (C=O) groups is 2. The Morgan fingerprint density at radius 1 is 1.17 bits per heavy atom. The fraction of sp³-hybridized carbons (Fsp3) is 0.500. The van der Waals surface area contributed by atoms with Gasteiger partial charge >= 0.3 is 6.09 Å². The van der Waals surface area contributed by atoms with Crippen molar-refractivity contribution in [1.29, 1.82) is 0 Å². The molecule has 1 aromatic carbocycles. The summed E-state index contributed by atoms with van der Waals surface area (Å²) in [4.78, 5) is 32.0. The van der Waals surface area contributed by atoms with Crippen molar-refractivity contribution in [2.75, 3.05) is 25.5 Å². The van der Waals surface area contributed by atoms with Gasteiger partial charge in [-0.2, -0.15) is 0 Å². The van der Waals surface area contributed by atoms with Gasteiger partial charge in [0.15, 0.2) is 17.5 Å². The number of amides is 2. The lowest BCUT2D eigenvalue weighted by atomic mass is 9.83. The lowest BCUT2D eigenvalue weighted by molar-refractivity contribution is -0.136. The second kappa shape index (κ2) is 10.7. The van der Waals surface area contributed by atoms with E-state index in [4.69, 9.17) is 9.47 Å². The van der Waals surface area contributed by atoms with Crippen molar-refractivity contribution < 1.29 is 27.8 Å². The number of nitrogens with zero attached hydrogens (tertiary/aromatic N) is 5. The molecule has 1 fully saturated rings. The summed E-state index contributed by atoms with van der Waals surface area (Å²) in [6.07, 6.45) is 3.28. The highest BCUT2D eigenvalue weighted by atomic mass is 19.2. The minimum absolute atomic E-state index is 0.0426. The highest BCUT2D eigenvalue weighted by molar-refractivity contribution is 5.87. The van der Waals surface area contributed by atoms with Crippen LogP contribution in [0, 0.1) is 11.6 Å². The highest BCUT2D eigenvalue weighted by Crippen LogP contribution is 2.43. The lowest BCUT2D eigenvalue weighted by Gasteiger charge is -2.43. The van der Waals surface area contributed by atoms with Gasteiger partial charge in [-0.3, -0.25) is 10.1 Å². The van der Waals surface area contributed by atoms with Crippen molar-refractivity contribution in [2.45, 2.75) is 75.5 Å². The number of piperidine rings is 1. The summed E-state index contributed by atoms with van der Waals surface area (Å²) in [6, 6.07) is 7.95. The molecular formula is C30H34F2N6O4. The van der Waals surface area contributed by atoms with Crippen LogP contribution in [-0.4, -0.2) is 56.8 Å². The van der Waals surface area contributed by atoms with E-state index in [1.165, 1.54) is 6.07 Å². The van der Waals surface area contributed by atoms with Gasteiger partial charge in [-0.1, -0.05) is 12.1 Å². The van der Waals surface area contributed by atoms with Crippen LogP contribution in [0.1, 0.15) is 80.6 Å². The van der Waals surface area contributed by atoms with E-state index in [1.807, 2.05) is 30.5 Å². The van der Waals surface area contributed by atoms with Gasteiger partial charge in [-0.25, -0.2) is 18.6 Å². The van der Waals surface area contributed by atoms with Crippen molar-refractivity contribution in [3.05, 3.63) is 70.9 Å². The van der Waals surface area contributed by atoms with Gasteiger partial charge in [0.05, 0.1) is 0 Å². The molecule has 2 amide bonds. The molecule has 0 unspecified atom stereocenters. The maximum absolute atomic E-state index is 14.9. The van der Waals surface area contributed by atoms with Crippen LogP contribution in [0.15, 0.2) is 36.5 Å². The molecular weight excluding hydrogens is 546 g/mol. The molecule has 1 saturated heterocycles. The maximum atomic E-state index is 14.9. The predicted molar refractivity (Wildman–Crippen MR) is 148 cm³/mol. The Morgan fingerprint density at radius 3 is 2.71 bits per heavy atom. The first-order valence-electron chi connectivity index (χ1n) is 14.3. The molecule has 0 aliphatic carbocycles. The summed E-state index contributed by atoms with van der Waals surface area (Å²) in [5, 5.41) is 11.6. The fourth-order valence-electron chi connectivity index (χ4n) is 6.52. The number of likely N-dealkylation sites (tertiary alicyclic amines) is 1. The third-order valence-corrected chi connectivity index (χ3v) is 9.03. The smallest absolute Gasteiger partial charge is 0.413 e. The van der Waals surface area contributed by atoms with Gasteiger partial charge in [0.2, 0.25) is 5.91 Å². The average Bonchev–Trinajstić information content (AvgIpc) is 3.32. The SMILES string of the molecule is COC(C)(C)c1nnc2n1C[C@@H](c1cccc(F)c1F)CC[C@@H]2CC(=O)N1CCC2(CC1)OC(=O)Nc1ncccc12. The van der Waals surface area contributed by atoms with E-state index in [0.717, 1.165) is 11.6 Å². The van der Waals surface area contributed by atoms with E-state index >= 15 is 0 Å². The van der Waals surface area contributed by atoms with Crippen LogP contribution in [0.4, 0.5) is 19.4 Å². The van der Waals surface area contributed by atoms with Crippen LogP contribution in [0.5, 0.6) is 0 Å². The summed E-state index contributed by atoms with van der Waals surface area (Å²) in [6.45, 7) is 4.92. The first-order chi connectivity index (χ1) is 20.1. The summed E-state index contributed by atoms with van der Waals surface area (Å²) < 4.78 is 42.5. The number of rotatable bonds is 5. The van der Waals surface area contributed by atoms with Crippen LogP contribution in [-0.2, 0) is 32.0 Å². The minimum Gasteiger partial charge on any atom is -0.437 e. The van der Waals surface area contributed by atoms with Crippen LogP contribution in [0.3, 0.4) is 0 Å². The summed E-state index contributed by atoms with van der Waals surface area (Å²) in [7, 11) is 1.58. The normalized spacial score (nSPS) is 21.6. The number of aromatic nitrogens is 4. The number of carbonyl (C=O) groups excluding carboxylic acids is 2. The Bertz CT molecular complexity index is 1520. The fourth-order valence-corrected chi connectivity index (χ4v) is 6.52. The van der Waals surface area contributed by atoms with E-state index in [1.54, 1.807) is 24.3 Å². The summed E-state index contributed by atoms with van der Waals surface area (Å²) >= 11 is 0. The molecule has 12 heteroatoms. The number of anilines is 1. The number of methoxy groups -OCH3 is 1. The standard InChI is InChI=1S/C30H34F2N6O4/c1-29(2,41-3)27-36-35-26-18(9-10-19(17-38(26)27)20-6-4-8-22(31)24(20)32)16-23(39)37-14-11-30(12-15-37)21-7-5-13-33-25(21)34-28(40)42-30/h4-8,13,18-19H,9-12,14-17H2,1-3H3,(H,33,34,40)/t18-,19+/m1/s1. The molecule has 2 atom stereocenters. The van der Waals surface area contributed by atoms with E-state index < -0.39 is 28.9 Å². The second-order valence-electron chi connectivity index (χ2n) is 11.8. The van der Waals surface area contributed by atoms with Crippen molar-refractivity contribution in [3.63, 3.8) is 0 Å². The predicted octanol–water partition coefficient (Wildman–Crippen LogP) is 4.96. The van der Waals surface area contributed by atoms with Crippen molar-refractivity contribution in [3.8, 4) is 0 Å². The maximum Gasteiger partial charge on any atom is 0.413 e. The number of nitrogens with one attached hydrogen (secondary N) is 1. The zero-order valence-corrected chi connectivity index (χ0v) is 23.9. The number of fused-ring (bicyclic) bond motifs is 3. The average molecular weight is 581 g/mol. The second-order valence-corrected chi connectivity index (χ2v) is 11.8. The summed E-state index contributed by atoms with van der Waals surface area (Å²) in [5.74, 6) is -0.679. The van der Waals surface area contributed by atoms with E-state index in [-0.39, 0.29) is 24.2 Å². The van der Waals surface area contributed by atoms with E-state index in [0.29, 0.717) is 68.3 Å². The third kappa shape index (κ3) is 4.91. The Hall–Kier alpha value is -3.93. The van der Waals surface area contributed by atoms with E-state index in [9.17, 15) is 18.4 Å². The molecule has 1 spiro atoms. The van der Waals surface area contributed by atoms with Gasteiger partial charge in [0.1, 0.15) is 22.8 Å². The number of halogens is 2. The molecule has 222 valence electrons. The lowest BCUT2D eigenvalue weighted by Crippen LogP contribution is -2.50. The van der Waals surface area contributed by atoms with Crippen LogP contribution < -0.4 is 5.32 Å². The molecule has 3 aliphatic heterocycles. The van der Waals surface area contributed by atoms with Gasteiger partial charge in [0.25, 0.3) is 0 Å². The largest absolute Gasteiger partial charge is 0.437 e. The first kappa shape index (κ1) is 28.2. The number of hydrogen-bond acceptors (Lipinski definition) is 7. The Balaban J connectivity index is 1.23. The highest BCUT2D eigenvalue weighted by Gasteiger charge is 2.46. The third-order valence-electron chi connectivity index (χ3n) is 9.03. The molecule has 3 aromatic rings. The quantitative estimate of drug-likeness (QED) is 0.454. The van der Waals surface area contributed by atoms with Crippen LogP contribution in [0.2, 0.25) is 0 Å². The van der Waals surface area contributed by atoms with Gasteiger partial charge in [-0.05, 0) is 50.5 Å². The van der Waals surface area contributed by atoms with E-state index in [2.05, 4.69) is 20.5 Å². The zero-order chi connectivity index (χ0) is 29.6. The van der Waals surface area contributed by atoms with Gasteiger partial charge in [-0.15, -0.1) is 10.2 Å². The first-order valence-corrected chi connectivity index (χ1v) is 14.3. The molecule has 6 rings (SSSR count).